The summed E-state index contributed by atoms with van der Waals surface area (Å²) in [5.74, 6) is 0.895. The molecule has 0 unspecified atom stereocenters. The van der Waals surface area contributed by atoms with Gasteiger partial charge in [0.05, 0.1) is 10.0 Å². The Labute approximate surface area is 97.2 Å². The van der Waals surface area contributed by atoms with Crippen LogP contribution in [0.4, 0.5) is 0 Å². The normalized spacial score (nSPS) is 10.3. The SMILES string of the molecule is Cn1ccc(Oc2c(Cl)cccc2Cl)n1. The van der Waals surface area contributed by atoms with E-state index in [9.17, 15) is 0 Å². The summed E-state index contributed by atoms with van der Waals surface area (Å²) >= 11 is 11.9. The van der Waals surface area contributed by atoms with Gasteiger partial charge in [0.2, 0.25) is 5.88 Å². The van der Waals surface area contributed by atoms with Gasteiger partial charge in [-0.15, -0.1) is 5.10 Å². The van der Waals surface area contributed by atoms with Gasteiger partial charge in [-0.2, -0.15) is 0 Å². The van der Waals surface area contributed by atoms with Gasteiger partial charge in [0, 0.05) is 19.3 Å². The molecule has 0 fully saturated rings. The molecule has 15 heavy (non-hydrogen) atoms. The average Bonchev–Trinajstić information content (AvgIpc) is 2.58. The number of aromatic nitrogens is 2. The molecule has 0 saturated heterocycles. The highest BCUT2D eigenvalue weighted by Crippen LogP contribution is 2.35. The highest BCUT2D eigenvalue weighted by Gasteiger charge is 2.08. The second-order valence-corrected chi connectivity index (χ2v) is 3.79. The van der Waals surface area contributed by atoms with E-state index >= 15 is 0 Å². The van der Waals surface area contributed by atoms with Gasteiger partial charge in [0.25, 0.3) is 0 Å². The van der Waals surface area contributed by atoms with Crippen LogP contribution in [0.5, 0.6) is 11.6 Å². The largest absolute Gasteiger partial charge is 0.434 e. The summed E-state index contributed by atoms with van der Waals surface area (Å²) in [6.45, 7) is 0. The smallest absolute Gasteiger partial charge is 0.238 e. The van der Waals surface area contributed by atoms with E-state index in [1.54, 1.807) is 42.2 Å². The molecule has 0 aliphatic heterocycles. The van der Waals surface area contributed by atoms with Crippen molar-refractivity contribution in [1.82, 2.24) is 9.78 Å². The number of nitrogens with zero attached hydrogens (tertiary/aromatic N) is 2. The van der Waals surface area contributed by atoms with Crippen molar-refractivity contribution in [2.75, 3.05) is 0 Å². The van der Waals surface area contributed by atoms with Crippen LogP contribution >= 0.6 is 23.2 Å². The van der Waals surface area contributed by atoms with Gasteiger partial charge in [-0.1, -0.05) is 29.3 Å². The standard InChI is InChI=1S/C10H8Cl2N2O/c1-14-6-5-9(13-14)15-10-7(11)3-2-4-8(10)12/h2-6H,1H3. The second kappa shape index (κ2) is 4.13. The van der Waals surface area contributed by atoms with Crippen LogP contribution in [-0.2, 0) is 7.05 Å². The van der Waals surface area contributed by atoms with Gasteiger partial charge in [0.15, 0.2) is 5.75 Å². The van der Waals surface area contributed by atoms with Crippen LogP contribution < -0.4 is 4.74 Å². The molecule has 1 aromatic heterocycles. The summed E-state index contributed by atoms with van der Waals surface area (Å²) in [4.78, 5) is 0. The van der Waals surface area contributed by atoms with Crippen LogP contribution in [0.15, 0.2) is 30.5 Å². The predicted molar refractivity (Wildman–Crippen MR) is 59.7 cm³/mol. The zero-order valence-electron chi connectivity index (χ0n) is 7.95. The highest BCUT2D eigenvalue weighted by molar-refractivity contribution is 6.37. The zero-order valence-corrected chi connectivity index (χ0v) is 9.46. The Balaban J connectivity index is 2.31. The van der Waals surface area contributed by atoms with Crippen LogP contribution in [0.25, 0.3) is 0 Å². The summed E-state index contributed by atoms with van der Waals surface area (Å²) in [5, 5.41) is 5.00. The lowest BCUT2D eigenvalue weighted by atomic mass is 10.3. The van der Waals surface area contributed by atoms with E-state index in [1.165, 1.54) is 0 Å². The van der Waals surface area contributed by atoms with Crippen molar-refractivity contribution in [3.05, 3.63) is 40.5 Å². The Morgan fingerprint density at radius 1 is 1.20 bits per heavy atom. The molecular weight excluding hydrogens is 235 g/mol. The Kier molecular flexibility index (Phi) is 2.84. The first-order valence-electron chi connectivity index (χ1n) is 4.28. The van der Waals surface area contributed by atoms with Gasteiger partial charge in [-0.3, -0.25) is 4.68 Å². The maximum atomic E-state index is 5.94. The Bertz CT molecular complexity index is 462. The van der Waals surface area contributed by atoms with Crippen LogP contribution in [0.3, 0.4) is 0 Å². The molecule has 0 atom stereocenters. The van der Waals surface area contributed by atoms with Crippen LogP contribution in [0, 0.1) is 0 Å². The van der Waals surface area contributed by atoms with E-state index in [0.29, 0.717) is 21.7 Å². The number of halogens is 2. The van der Waals surface area contributed by atoms with E-state index in [4.69, 9.17) is 27.9 Å². The second-order valence-electron chi connectivity index (χ2n) is 2.98. The van der Waals surface area contributed by atoms with Crippen molar-refractivity contribution in [2.45, 2.75) is 0 Å². The Hall–Kier alpha value is -1.19. The lowest BCUT2D eigenvalue weighted by Gasteiger charge is -2.05. The first-order valence-corrected chi connectivity index (χ1v) is 5.04. The molecular formula is C10H8Cl2N2O. The first-order chi connectivity index (χ1) is 7.16. The number of hydrogen-bond acceptors (Lipinski definition) is 2. The Morgan fingerprint density at radius 2 is 1.87 bits per heavy atom. The minimum absolute atomic E-state index is 0.430. The summed E-state index contributed by atoms with van der Waals surface area (Å²) in [5.41, 5.74) is 0. The quantitative estimate of drug-likeness (QED) is 0.806. The van der Waals surface area contributed by atoms with Gasteiger partial charge in [-0.25, -0.2) is 0 Å². The fourth-order valence-corrected chi connectivity index (χ4v) is 1.61. The van der Waals surface area contributed by atoms with Gasteiger partial charge in [0.1, 0.15) is 0 Å². The molecule has 5 heteroatoms. The average molecular weight is 243 g/mol. The van der Waals surface area contributed by atoms with Gasteiger partial charge >= 0.3 is 0 Å². The van der Waals surface area contributed by atoms with Gasteiger partial charge < -0.3 is 4.74 Å². The topological polar surface area (TPSA) is 27.1 Å². The van der Waals surface area contributed by atoms with E-state index in [1.807, 2.05) is 0 Å². The third kappa shape index (κ3) is 2.25. The molecule has 2 rings (SSSR count). The highest BCUT2D eigenvalue weighted by atomic mass is 35.5. The number of benzene rings is 1. The molecule has 1 aromatic carbocycles. The molecule has 0 saturated carbocycles. The maximum absolute atomic E-state index is 5.94. The minimum atomic E-state index is 0.430. The summed E-state index contributed by atoms with van der Waals surface area (Å²) in [7, 11) is 1.81. The molecule has 1 heterocycles. The van der Waals surface area contributed by atoms with Crippen LogP contribution in [0.1, 0.15) is 0 Å². The minimum Gasteiger partial charge on any atom is -0.434 e. The third-order valence-corrected chi connectivity index (χ3v) is 2.41. The van der Waals surface area contributed by atoms with E-state index in [-0.39, 0.29) is 0 Å². The molecule has 2 aromatic rings. The van der Waals surface area contributed by atoms with Crippen molar-refractivity contribution in [3.63, 3.8) is 0 Å². The molecule has 0 bridgehead atoms. The van der Waals surface area contributed by atoms with Crippen molar-refractivity contribution in [1.29, 1.82) is 0 Å². The monoisotopic (exact) mass is 242 g/mol. The fourth-order valence-electron chi connectivity index (χ4n) is 1.13. The molecule has 3 nitrogen and oxygen atoms in total. The molecule has 0 N–H and O–H groups in total. The van der Waals surface area contributed by atoms with Crippen molar-refractivity contribution >= 4 is 23.2 Å². The van der Waals surface area contributed by atoms with Gasteiger partial charge in [-0.05, 0) is 12.1 Å². The van der Waals surface area contributed by atoms with Crippen molar-refractivity contribution in [3.8, 4) is 11.6 Å². The predicted octanol–water partition coefficient (Wildman–Crippen LogP) is 3.52. The van der Waals surface area contributed by atoms with Crippen LogP contribution in [0.2, 0.25) is 10.0 Å². The van der Waals surface area contributed by atoms with E-state index in [0.717, 1.165) is 0 Å². The van der Waals surface area contributed by atoms with Crippen LogP contribution in [-0.4, -0.2) is 9.78 Å². The maximum Gasteiger partial charge on any atom is 0.238 e. The first kappa shape index (κ1) is 10.3. The number of ether oxygens (including phenoxy) is 1. The number of aryl methyl sites for hydroxylation is 1. The number of rotatable bonds is 2. The third-order valence-electron chi connectivity index (χ3n) is 1.81. The van der Waals surface area contributed by atoms with Crippen molar-refractivity contribution in [2.24, 2.45) is 7.05 Å². The molecule has 0 amide bonds. The molecule has 0 spiro atoms. The summed E-state index contributed by atoms with van der Waals surface area (Å²) in [6, 6.07) is 6.92. The lowest BCUT2D eigenvalue weighted by Crippen LogP contribution is -1.90. The number of para-hydroxylation sites is 1. The molecule has 78 valence electrons. The van der Waals surface area contributed by atoms with E-state index < -0.39 is 0 Å². The summed E-state index contributed by atoms with van der Waals surface area (Å²) < 4.78 is 7.10. The summed E-state index contributed by atoms with van der Waals surface area (Å²) in [6.07, 6.45) is 1.78. The number of hydrogen-bond donors (Lipinski definition) is 0. The Morgan fingerprint density at radius 3 is 2.40 bits per heavy atom. The lowest BCUT2D eigenvalue weighted by molar-refractivity contribution is 0.454. The molecule has 0 aliphatic rings. The molecule has 0 radical (unpaired) electrons. The molecule has 0 aliphatic carbocycles. The van der Waals surface area contributed by atoms with E-state index in [2.05, 4.69) is 5.10 Å². The fraction of sp³-hybridized carbons (Fsp3) is 0.100. The zero-order chi connectivity index (χ0) is 10.8. The van der Waals surface area contributed by atoms with Crippen molar-refractivity contribution < 1.29 is 4.74 Å².